The first kappa shape index (κ1) is 56.0. The fourth-order valence-electron chi connectivity index (χ4n) is 2.23. The van der Waals surface area contributed by atoms with Crippen molar-refractivity contribution in [3.8, 4) is 5.75 Å². The zero-order valence-corrected chi connectivity index (χ0v) is 30.8. The van der Waals surface area contributed by atoms with E-state index in [4.69, 9.17) is 90.8 Å². The summed E-state index contributed by atoms with van der Waals surface area (Å²) in [7, 11) is -29.5. The van der Waals surface area contributed by atoms with E-state index in [0.29, 0.717) is 0 Å². The van der Waals surface area contributed by atoms with E-state index in [1.807, 2.05) is 12.1 Å². The highest BCUT2D eigenvalue weighted by molar-refractivity contribution is 7.97. The van der Waals surface area contributed by atoms with Gasteiger partial charge in [0.15, 0.2) is 14.7 Å². The monoisotopic (exact) mass is 892 g/mol. The normalized spacial score (nSPS) is 12.2. The lowest BCUT2D eigenvalue weighted by atomic mass is 10.3. The van der Waals surface area contributed by atoms with Crippen LogP contribution in [0.3, 0.4) is 0 Å². The molecule has 0 aliphatic rings. The minimum atomic E-state index is -5.39. The van der Waals surface area contributed by atoms with Gasteiger partial charge >= 0.3 is 47.4 Å². The summed E-state index contributed by atoms with van der Waals surface area (Å²) in [4.78, 5) is 89.0. The number of hydrogen-bond acceptors (Lipinski definition) is 8. The van der Waals surface area contributed by atoms with E-state index < -0.39 is 47.4 Å². The Morgan fingerprint density at radius 2 is 0.627 bits per heavy atom. The van der Waals surface area contributed by atoms with Gasteiger partial charge in [0.1, 0.15) is 5.75 Å². The van der Waals surface area contributed by atoms with E-state index in [1.54, 1.807) is 7.11 Å². The molecule has 3 rings (SSSR count). The lowest BCUT2D eigenvalue weighted by Crippen LogP contribution is -2.04. The van der Waals surface area contributed by atoms with E-state index in [-0.39, 0.29) is 10.9 Å². The molecule has 3 aromatic rings. The van der Waals surface area contributed by atoms with Gasteiger partial charge in [-0.2, -0.15) is 4.20 Å². The van der Waals surface area contributed by atoms with E-state index >= 15 is 0 Å². The summed E-state index contributed by atoms with van der Waals surface area (Å²) >= 11 is 0. The molecule has 0 spiro atoms. The molecule has 1 atom stereocenters. The topological polar surface area (TPSA) is 357 Å². The SMILES string of the molecule is COc1ccc([S+](c2ccccc2)c2ccccc2)cc1.O=P(O)(O)F.O=P(O)(O)F.O=P(O)(O)F.O=P(O)(O)F.O=P(O)(O)F.O=P([O-])(O)F. The molecule has 0 saturated carbocycles. The number of methoxy groups -OCH3 is 1. The number of rotatable bonds is 4. The van der Waals surface area contributed by atoms with Crippen molar-refractivity contribution >= 4 is 58.3 Å². The summed E-state index contributed by atoms with van der Waals surface area (Å²) in [6.07, 6.45) is 0. The Morgan fingerprint density at radius 1 is 0.451 bits per heavy atom. The number of ether oxygens (including phenoxy) is 1. The molecule has 32 heteroatoms. The number of hydrogen-bond donors (Lipinski definition) is 11. The average Bonchev–Trinajstić information content (AvgIpc) is 2.85. The zero-order chi connectivity index (χ0) is 41.5. The maximum Gasteiger partial charge on any atom is 0.507 e. The molecule has 0 aromatic heterocycles. The van der Waals surface area contributed by atoms with Gasteiger partial charge in [0.2, 0.25) is 0 Å². The molecule has 0 aliphatic carbocycles. The van der Waals surface area contributed by atoms with Crippen LogP contribution in [0.1, 0.15) is 0 Å². The Hall–Kier alpha value is -1.71. The molecular weight excluding hydrogens is 864 g/mol. The molecule has 0 heterocycles. The van der Waals surface area contributed by atoms with E-state index in [1.165, 1.54) is 14.7 Å². The van der Waals surface area contributed by atoms with Gasteiger partial charge in [-0.1, -0.05) is 36.4 Å². The fraction of sp³-hybridized carbons (Fsp3) is 0.0526. The predicted octanol–water partition coefficient (Wildman–Crippen LogP) is 4.45. The Bertz CT molecular complexity index is 1400. The van der Waals surface area contributed by atoms with Crippen molar-refractivity contribution in [2.75, 3.05) is 7.11 Å². The van der Waals surface area contributed by atoms with Crippen molar-refractivity contribution < 1.29 is 116 Å². The summed E-state index contributed by atoms with van der Waals surface area (Å²) in [5.74, 6) is 0.892. The van der Waals surface area contributed by atoms with Crippen molar-refractivity contribution in [1.82, 2.24) is 0 Å². The lowest BCUT2D eigenvalue weighted by molar-refractivity contribution is -0.206. The first-order chi connectivity index (χ1) is 22.4. The summed E-state index contributed by atoms with van der Waals surface area (Å²) in [6, 6.07) is 29.7. The summed E-state index contributed by atoms with van der Waals surface area (Å²) < 4.78 is 119. The zero-order valence-electron chi connectivity index (χ0n) is 24.6. The van der Waals surface area contributed by atoms with Gasteiger partial charge in [0.25, 0.3) is 0 Å². The number of benzene rings is 3. The fourth-order valence-corrected chi connectivity index (χ4v) is 4.32. The lowest BCUT2D eigenvalue weighted by Gasteiger charge is -2.08. The van der Waals surface area contributed by atoms with Crippen molar-refractivity contribution in [3.63, 3.8) is 0 Å². The van der Waals surface area contributed by atoms with Crippen molar-refractivity contribution in [2.45, 2.75) is 14.7 Å². The summed E-state index contributed by atoms with van der Waals surface area (Å²) in [5, 5.41) is 0. The van der Waals surface area contributed by atoms with Gasteiger partial charge in [0.05, 0.1) is 18.0 Å². The smallest absolute Gasteiger partial charge is 0.507 e. The molecule has 0 fully saturated rings. The van der Waals surface area contributed by atoms with Gasteiger partial charge in [0, 0.05) is 0 Å². The van der Waals surface area contributed by atoms with Crippen LogP contribution >= 0.6 is 47.4 Å². The third-order valence-corrected chi connectivity index (χ3v) is 5.48. The van der Waals surface area contributed by atoms with Gasteiger partial charge < -0.3 is 14.5 Å². The third-order valence-electron chi connectivity index (χ3n) is 3.25. The second-order valence-corrected chi connectivity index (χ2v) is 15.1. The van der Waals surface area contributed by atoms with Gasteiger partial charge in [-0.15, -0.1) is 21.0 Å². The van der Waals surface area contributed by atoms with E-state index in [9.17, 15) is 25.2 Å². The summed E-state index contributed by atoms with van der Waals surface area (Å²) in [6.45, 7) is 0. The van der Waals surface area contributed by atoms with Gasteiger partial charge in [-0.3, -0.25) is 53.5 Å². The quantitative estimate of drug-likeness (QED) is 0.0978. The molecule has 1 unspecified atom stereocenters. The Morgan fingerprint density at radius 3 is 0.804 bits per heavy atom. The van der Waals surface area contributed by atoms with Crippen LogP contribution in [0.4, 0.5) is 25.2 Å². The Labute approximate surface area is 286 Å². The standard InChI is InChI=1S/C19H17OS.6FH2O3P/c1-20-16-12-14-19(15-13-16)21(17-8-4-2-5-9-17)18-10-6-3-7-11-18;6*1-5(2,3)4/h2-15H,1H3;6*(H2,2,3,4)/q+1;;;;;;/p-1. The minimum Gasteiger partial charge on any atom is -0.753 e. The molecule has 11 N–H and O–H groups in total. The first-order valence-corrected chi connectivity index (χ1v) is 21.6. The van der Waals surface area contributed by atoms with E-state index in [2.05, 4.69) is 72.8 Å². The molecule has 0 amide bonds. The highest BCUT2D eigenvalue weighted by Gasteiger charge is 2.28. The molecule has 51 heavy (non-hydrogen) atoms. The highest BCUT2D eigenvalue weighted by atomic mass is 32.2. The second kappa shape index (κ2) is 26.1. The third kappa shape index (κ3) is 70.6. The van der Waals surface area contributed by atoms with Crippen molar-refractivity contribution in [1.29, 1.82) is 0 Å². The molecule has 19 nitrogen and oxygen atoms in total. The molecule has 0 bridgehead atoms. The van der Waals surface area contributed by atoms with Crippen LogP contribution in [0.2, 0.25) is 0 Å². The predicted molar refractivity (Wildman–Crippen MR) is 165 cm³/mol. The molecule has 0 radical (unpaired) electrons. The van der Waals surface area contributed by atoms with Gasteiger partial charge in [-0.25, -0.2) is 22.8 Å². The first-order valence-electron chi connectivity index (χ1n) is 11.4. The molecule has 0 aliphatic heterocycles. The molecule has 296 valence electrons. The molecule has 0 saturated heterocycles. The van der Waals surface area contributed by atoms with Crippen LogP contribution in [0, 0.1) is 0 Å². The van der Waals surface area contributed by atoms with E-state index in [0.717, 1.165) is 5.75 Å². The van der Waals surface area contributed by atoms with Crippen molar-refractivity contribution in [3.05, 3.63) is 84.9 Å². The maximum absolute atomic E-state index is 10.4. The highest BCUT2D eigenvalue weighted by Crippen LogP contribution is 2.37. The second-order valence-electron chi connectivity index (χ2n) is 7.42. The Balaban J connectivity index is -0.000000303. The van der Waals surface area contributed by atoms with Crippen LogP contribution in [0.25, 0.3) is 0 Å². The van der Waals surface area contributed by atoms with Crippen LogP contribution in [0.15, 0.2) is 99.6 Å². The van der Waals surface area contributed by atoms with Crippen LogP contribution in [0.5, 0.6) is 5.75 Å². The molecular formula is C19H28F6O19P6S. The number of halogens is 6. The average molecular weight is 892 g/mol. The minimum absolute atomic E-state index is 0.0804. The summed E-state index contributed by atoms with van der Waals surface area (Å²) in [5.41, 5.74) is 0. The van der Waals surface area contributed by atoms with Gasteiger partial charge in [-0.05, 0) is 48.5 Å². The largest absolute Gasteiger partial charge is 0.753 e. The van der Waals surface area contributed by atoms with Crippen LogP contribution < -0.4 is 9.63 Å². The van der Waals surface area contributed by atoms with Crippen LogP contribution in [-0.4, -0.2) is 60.9 Å². The molecule has 3 aromatic carbocycles. The Kier molecular flexibility index (Phi) is 28.7. The van der Waals surface area contributed by atoms with Crippen molar-refractivity contribution in [2.24, 2.45) is 0 Å². The maximum atomic E-state index is 10.4. The van der Waals surface area contributed by atoms with Crippen LogP contribution in [-0.2, 0) is 38.3 Å².